The van der Waals surface area contributed by atoms with Crippen LogP contribution in [0.2, 0.25) is 10.0 Å². The first-order valence-electron chi connectivity index (χ1n) is 7.85. The molecule has 0 aliphatic carbocycles. The minimum Gasteiger partial charge on any atom is -0.338 e. The summed E-state index contributed by atoms with van der Waals surface area (Å²) in [6.45, 7) is 0. The summed E-state index contributed by atoms with van der Waals surface area (Å²) < 4.78 is 13.2. The van der Waals surface area contributed by atoms with Gasteiger partial charge in [0.1, 0.15) is 11.6 Å². The Labute approximate surface area is 159 Å². The Bertz CT molecular complexity index is 1100. The molecule has 0 aliphatic heterocycles. The maximum absolute atomic E-state index is 13.2. The third-order valence-electron chi connectivity index (χ3n) is 3.89. The highest BCUT2D eigenvalue weighted by Crippen LogP contribution is 2.32. The number of hydrogen-bond acceptors (Lipinski definition) is 3. The van der Waals surface area contributed by atoms with Gasteiger partial charge in [-0.15, -0.1) is 0 Å². The Hall–Kier alpha value is -2.69. The summed E-state index contributed by atoms with van der Waals surface area (Å²) in [5.41, 5.74) is 2.13. The first-order chi connectivity index (χ1) is 12.6. The largest absolute Gasteiger partial charge is 0.338 e. The minimum absolute atomic E-state index is 0.307. The van der Waals surface area contributed by atoms with Gasteiger partial charge in [-0.1, -0.05) is 35.3 Å². The van der Waals surface area contributed by atoms with Crippen LogP contribution in [-0.2, 0) is 0 Å². The van der Waals surface area contributed by atoms with Crippen LogP contribution in [0.25, 0.3) is 22.3 Å². The SMILES string of the molecule is Fc1ccc(-c2nc(Nc3cc(Cl)ccc3Cl)c3ccccc3n2)cc1. The lowest BCUT2D eigenvalue weighted by Crippen LogP contribution is -2.00. The van der Waals surface area contributed by atoms with Crippen molar-refractivity contribution in [3.8, 4) is 11.4 Å². The van der Waals surface area contributed by atoms with E-state index in [1.54, 1.807) is 30.3 Å². The molecule has 0 bridgehead atoms. The number of halogens is 3. The highest BCUT2D eigenvalue weighted by molar-refractivity contribution is 6.35. The van der Waals surface area contributed by atoms with E-state index >= 15 is 0 Å². The number of nitrogens with zero attached hydrogens (tertiary/aromatic N) is 2. The van der Waals surface area contributed by atoms with Gasteiger partial charge in [0, 0.05) is 16.0 Å². The molecule has 4 rings (SSSR count). The van der Waals surface area contributed by atoms with Gasteiger partial charge in [0.15, 0.2) is 5.82 Å². The van der Waals surface area contributed by atoms with E-state index in [-0.39, 0.29) is 5.82 Å². The predicted octanol–water partition coefficient (Wildman–Crippen LogP) is 6.49. The number of hydrogen-bond donors (Lipinski definition) is 1. The van der Waals surface area contributed by atoms with E-state index in [0.29, 0.717) is 27.4 Å². The summed E-state index contributed by atoms with van der Waals surface area (Å²) in [5.74, 6) is 0.780. The summed E-state index contributed by atoms with van der Waals surface area (Å²) in [5, 5.41) is 5.17. The second kappa shape index (κ2) is 6.90. The molecule has 26 heavy (non-hydrogen) atoms. The first-order valence-corrected chi connectivity index (χ1v) is 8.60. The molecule has 0 saturated heterocycles. The van der Waals surface area contributed by atoms with E-state index in [0.717, 1.165) is 16.5 Å². The second-order valence-corrected chi connectivity index (χ2v) is 6.51. The topological polar surface area (TPSA) is 37.8 Å². The molecule has 0 saturated carbocycles. The number of para-hydroxylation sites is 1. The van der Waals surface area contributed by atoms with Gasteiger partial charge in [0.25, 0.3) is 0 Å². The number of fused-ring (bicyclic) bond motifs is 1. The number of nitrogens with one attached hydrogen (secondary N) is 1. The van der Waals surface area contributed by atoms with Gasteiger partial charge < -0.3 is 5.32 Å². The second-order valence-electron chi connectivity index (χ2n) is 5.67. The van der Waals surface area contributed by atoms with Crippen LogP contribution >= 0.6 is 23.2 Å². The molecule has 3 nitrogen and oxygen atoms in total. The number of rotatable bonds is 3. The molecule has 0 radical (unpaired) electrons. The Kier molecular flexibility index (Phi) is 4.45. The van der Waals surface area contributed by atoms with Crippen molar-refractivity contribution in [2.45, 2.75) is 0 Å². The smallest absolute Gasteiger partial charge is 0.162 e. The van der Waals surface area contributed by atoms with Crippen molar-refractivity contribution in [1.29, 1.82) is 0 Å². The standard InChI is InChI=1S/C20H12Cl2FN3/c21-13-7-10-16(22)18(11-13)25-20-15-3-1-2-4-17(15)24-19(26-20)12-5-8-14(23)9-6-12/h1-11H,(H,24,25,26). The van der Waals surface area contributed by atoms with Crippen molar-refractivity contribution in [3.05, 3.63) is 82.6 Å². The van der Waals surface area contributed by atoms with Gasteiger partial charge in [-0.05, 0) is 54.6 Å². The normalized spacial score (nSPS) is 10.9. The van der Waals surface area contributed by atoms with Crippen LogP contribution in [-0.4, -0.2) is 9.97 Å². The molecule has 3 aromatic carbocycles. The average Bonchev–Trinajstić information content (AvgIpc) is 2.65. The molecule has 0 spiro atoms. The zero-order valence-corrected chi connectivity index (χ0v) is 14.9. The predicted molar refractivity (Wildman–Crippen MR) is 105 cm³/mol. The van der Waals surface area contributed by atoms with E-state index in [4.69, 9.17) is 23.2 Å². The molecule has 128 valence electrons. The van der Waals surface area contributed by atoms with Crippen molar-refractivity contribution in [1.82, 2.24) is 9.97 Å². The van der Waals surface area contributed by atoms with Gasteiger partial charge in [-0.3, -0.25) is 0 Å². The van der Waals surface area contributed by atoms with Crippen LogP contribution in [0.15, 0.2) is 66.7 Å². The van der Waals surface area contributed by atoms with Crippen LogP contribution in [0, 0.1) is 5.82 Å². The van der Waals surface area contributed by atoms with Gasteiger partial charge in [0.05, 0.1) is 16.2 Å². The highest BCUT2D eigenvalue weighted by Gasteiger charge is 2.11. The Balaban J connectivity index is 1.87. The molecule has 0 unspecified atom stereocenters. The maximum Gasteiger partial charge on any atom is 0.162 e. The van der Waals surface area contributed by atoms with Gasteiger partial charge in [0.2, 0.25) is 0 Å². The monoisotopic (exact) mass is 383 g/mol. The molecule has 1 aromatic heterocycles. The van der Waals surface area contributed by atoms with E-state index in [2.05, 4.69) is 15.3 Å². The lowest BCUT2D eigenvalue weighted by Gasteiger charge is -2.12. The Morgan fingerprint density at radius 1 is 0.846 bits per heavy atom. The maximum atomic E-state index is 13.2. The molecular formula is C20H12Cl2FN3. The fourth-order valence-electron chi connectivity index (χ4n) is 2.62. The van der Waals surface area contributed by atoms with Crippen molar-refractivity contribution in [2.75, 3.05) is 5.32 Å². The van der Waals surface area contributed by atoms with Gasteiger partial charge >= 0.3 is 0 Å². The van der Waals surface area contributed by atoms with E-state index in [9.17, 15) is 4.39 Å². The van der Waals surface area contributed by atoms with E-state index < -0.39 is 0 Å². The van der Waals surface area contributed by atoms with Crippen LogP contribution < -0.4 is 5.32 Å². The van der Waals surface area contributed by atoms with Crippen LogP contribution in [0.5, 0.6) is 0 Å². The average molecular weight is 384 g/mol. The lowest BCUT2D eigenvalue weighted by molar-refractivity contribution is 0.628. The highest BCUT2D eigenvalue weighted by atomic mass is 35.5. The minimum atomic E-state index is -0.307. The number of anilines is 2. The third kappa shape index (κ3) is 3.34. The molecule has 0 atom stereocenters. The van der Waals surface area contributed by atoms with Gasteiger partial charge in [-0.25, -0.2) is 14.4 Å². The molecule has 4 aromatic rings. The molecule has 6 heteroatoms. The van der Waals surface area contributed by atoms with Crippen molar-refractivity contribution < 1.29 is 4.39 Å². The molecule has 0 aliphatic rings. The van der Waals surface area contributed by atoms with Crippen molar-refractivity contribution in [2.24, 2.45) is 0 Å². The zero-order valence-electron chi connectivity index (χ0n) is 13.4. The first kappa shape index (κ1) is 16.8. The van der Waals surface area contributed by atoms with E-state index in [1.165, 1.54) is 12.1 Å². The van der Waals surface area contributed by atoms with Crippen molar-refractivity contribution >= 4 is 45.6 Å². The Morgan fingerprint density at radius 3 is 2.42 bits per heavy atom. The summed E-state index contributed by atoms with van der Waals surface area (Å²) in [6, 6.07) is 18.9. The van der Waals surface area contributed by atoms with E-state index in [1.807, 2.05) is 24.3 Å². The summed E-state index contributed by atoms with van der Waals surface area (Å²) >= 11 is 12.3. The molecule has 1 heterocycles. The lowest BCUT2D eigenvalue weighted by atomic mass is 10.1. The molecular weight excluding hydrogens is 372 g/mol. The molecule has 0 amide bonds. The number of aromatic nitrogens is 2. The van der Waals surface area contributed by atoms with Crippen LogP contribution in [0.4, 0.5) is 15.9 Å². The van der Waals surface area contributed by atoms with Crippen molar-refractivity contribution in [3.63, 3.8) is 0 Å². The summed E-state index contributed by atoms with van der Waals surface area (Å²) in [7, 11) is 0. The fourth-order valence-corrected chi connectivity index (χ4v) is 2.96. The fraction of sp³-hybridized carbons (Fsp3) is 0. The van der Waals surface area contributed by atoms with Crippen LogP contribution in [0.1, 0.15) is 0 Å². The quantitative estimate of drug-likeness (QED) is 0.439. The third-order valence-corrected chi connectivity index (χ3v) is 4.45. The van der Waals surface area contributed by atoms with Crippen LogP contribution in [0.3, 0.4) is 0 Å². The van der Waals surface area contributed by atoms with Gasteiger partial charge in [-0.2, -0.15) is 0 Å². The molecule has 1 N–H and O–H groups in total. The zero-order chi connectivity index (χ0) is 18.1. The summed E-state index contributed by atoms with van der Waals surface area (Å²) in [6.07, 6.45) is 0. The molecule has 0 fully saturated rings. The Morgan fingerprint density at radius 2 is 1.62 bits per heavy atom. The number of benzene rings is 3. The summed E-state index contributed by atoms with van der Waals surface area (Å²) in [4.78, 5) is 9.21.